The zero-order valence-corrected chi connectivity index (χ0v) is 18.5. The van der Waals surface area contributed by atoms with E-state index in [1.807, 2.05) is 43.5 Å². The molecule has 1 fully saturated rings. The Bertz CT molecular complexity index is 832. The first kappa shape index (κ1) is 20.8. The van der Waals surface area contributed by atoms with Gasteiger partial charge in [-0.05, 0) is 18.1 Å². The van der Waals surface area contributed by atoms with Gasteiger partial charge in [-0.3, -0.25) is 4.79 Å². The van der Waals surface area contributed by atoms with Crippen LogP contribution >= 0.6 is 27.3 Å². The summed E-state index contributed by atoms with van der Waals surface area (Å²) < 4.78 is 6.26. The molecule has 2 heterocycles. The van der Waals surface area contributed by atoms with E-state index in [1.165, 1.54) is 11.3 Å². The van der Waals surface area contributed by atoms with Gasteiger partial charge in [0, 0.05) is 41.6 Å². The first-order valence-corrected chi connectivity index (χ1v) is 11.0. The minimum Gasteiger partial charge on any atom is -0.449 e. The van der Waals surface area contributed by atoms with Crippen LogP contribution in [0.3, 0.4) is 0 Å². The van der Waals surface area contributed by atoms with Crippen molar-refractivity contribution in [3.05, 3.63) is 39.8 Å². The van der Waals surface area contributed by atoms with Gasteiger partial charge in [-0.1, -0.05) is 41.9 Å². The number of amides is 2. The predicted octanol–water partition coefficient (Wildman–Crippen LogP) is 4.05. The summed E-state index contributed by atoms with van der Waals surface area (Å²) in [6.45, 7) is 6.49. The zero-order chi connectivity index (χ0) is 20.1. The molecule has 150 valence electrons. The highest BCUT2D eigenvalue weighted by Crippen LogP contribution is 2.26. The van der Waals surface area contributed by atoms with Crippen molar-refractivity contribution in [3.63, 3.8) is 0 Å². The molecule has 0 atom stereocenters. The van der Waals surface area contributed by atoms with E-state index in [1.54, 1.807) is 9.80 Å². The van der Waals surface area contributed by atoms with E-state index in [2.05, 4.69) is 20.9 Å². The molecule has 2 amide bonds. The molecule has 0 spiro atoms. The quantitative estimate of drug-likeness (QED) is 0.667. The molecule has 0 unspecified atom stereocenters. The second-order valence-corrected chi connectivity index (χ2v) is 8.94. The molecular weight excluding hydrogens is 442 g/mol. The predicted molar refractivity (Wildman–Crippen MR) is 113 cm³/mol. The molecule has 1 aliphatic rings. The van der Waals surface area contributed by atoms with Gasteiger partial charge >= 0.3 is 6.09 Å². The first-order chi connectivity index (χ1) is 13.4. The first-order valence-electron chi connectivity index (χ1n) is 9.32. The van der Waals surface area contributed by atoms with E-state index < -0.39 is 0 Å². The van der Waals surface area contributed by atoms with E-state index in [0.717, 1.165) is 20.7 Å². The summed E-state index contributed by atoms with van der Waals surface area (Å²) in [6, 6.07) is 7.96. The molecule has 1 saturated heterocycles. The van der Waals surface area contributed by atoms with Crippen LogP contribution in [-0.4, -0.2) is 59.6 Å². The van der Waals surface area contributed by atoms with Crippen molar-refractivity contribution in [1.82, 2.24) is 14.8 Å². The van der Waals surface area contributed by atoms with Gasteiger partial charge in [-0.2, -0.15) is 0 Å². The van der Waals surface area contributed by atoms with E-state index >= 15 is 0 Å². The maximum atomic E-state index is 12.6. The third-order valence-electron chi connectivity index (χ3n) is 4.39. The standard InChI is InChI=1S/C20H24BrN3O3S/c1-14(2)12-27-20(26)24-8-6-23(7-9-24)18(25)11-17-13-28-19(22-17)15-4-3-5-16(21)10-15/h3-5,10,13-14H,6-9,11-12H2,1-2H3. The van der Waals surface area contributed by atoms with Gasteiger partial charge in [0.2, 0.25) is 5.91 Å². The van der Waals surface area contributed by atoms with Crippen molar-refractivity contribution < 1.29 is 14.3 Å². The fourth-order valence-corrected chi connectivity index (χ4v) is 4.09. The van der Waals surface area contributed by atoms with Gasteiger partial charge in [0.1, 0.15) is 5.01 Å². The van der Waals surface area contributed by atoms with Crippen LogP contribution in [0, 0.1) is 5.92 Å². The number of aromatic nitrogens is 1. The Morgan fingerprint density at radius 2 is 1.93 bits per heavy atom. The Labute approximate surface area is 177 Å². The molecule has 2 aromatic rings. The lowest BCUT2D eigenvalue weighted by Crippen LogP contribution is -2.51. The zero-order valence-electron chi connectivity index (χ0n) is 16.1. The smallest absolute Gasteiger partial charge is 0.409 e. The van der Waals surface area contributed by atoms with E-state index in [0.29, 0.717) is 38.7 Å². The minimum absolute atomic E-state index is 0.0429. The van der Waals surface area contributed by atoms with Crippen molar-refractivity contribution in [3.8, 4) is 10.6 Å². The number of piperazine rings is 1. The summed E-state index contributed by atoms with van der Waals surface area (Å²) in [7, 11) is 0. The SMILES string of the molecule is CC(C)COC(=O)N1CCN(C(=O)Cc2csc(-c3cccc(Br)c3)n2)CC1. The molecule has 1 aliphatic heterocycles. The maximum Gasteiger partial charge on any atom is 0.409 e. The molecule has 8 heteroatoms. The summed E-state index contributed by atoms with van der Waals surface area (Å²) in [5, 5.41) is 2.84. The van der Waals surface area contributed by atoms with Crippen LogP contribution in [0.1, 0.15) is 19.5 Å². The molecule has 0 radical (unpaired) electrons. The summed E-state index contributed by atoms with van der Waals surface area (Å²) in [4.78, 5) is 32.7. The van der Waals surface area contributed by atoms with Crippen LogP contribution in [0.15, 0.2) is 34.1 Å². The third kappa shape index (κ3) is 5.54. The van der Waals surface area contributed by atoms with Crippen LogP contribution in [0.4, 0.5) is 4.79 Å². The van der Waals surface area contributed by atoms with E-state index in [-0.39, 0.29) is 18.4 Å². The highest BCUT2D eigenvalue weighted by atomic mass is 79.9. The van der Waals surface area contributed by atoms with Gasteiger partial charge in [0.15, 0.2) is 0 Å². The maximum absolute atomic E-state index is 12.6. The van der Waals surface area contributed by atoms with Crippen LogP contribution in [0.5, 0.6) is 0 Å². The molecule has 1 aromatic carbocycles. The lowest BCUT2D eigenvalue weighted by Gasteiger charge is -2.34. The van der Waals surface area contributed by atoms with Gasteiger partial charge in [-0.25, -0.2) is 9.78 Å². The minimum atomic E-state index is -0.293. The molecule has 1 aromatic heterocycles. The Morgan fingerprint density at radius 1 is 1.21 bits per heavy atom. The van der Waals surface area contributed by atoms with Crippen molar-refractivity contribution >= 4 is 39.3 Å². The number of hydrogen-bond donors (Lipinski definition) is 0. The third-order valence-corrected chi connectivity index (χ3v) is 5.82. The number of halogens is 1. The average molecular weight is 466 g/mol. The lowest BCUT2D eigenvalue weighted by atomic mass is 10.2. The fraction of sp³-hybridized carbons (Fsp3) is 0.450. The van der Waals surface area contributed by atoms with Gasteiger partial charge in [-0.15, -0.1) is 11.3 Å². The molecule has 0 bridgehead atoms. The number of carbonyl (C=O) groups is 2. The number of rotatable bonds is 5. The monoisotopic (exact) mass is 465 g/mol. The van der Waals surface area contributed by atoms with Gasteiger partial charge in [0.25, 0.3) is 0 Å². The summed E-state index contributed by atoms with van der Waals surface area (Å²) in [5.74, 6) is 0.355. The van der Waals surface area contributed by atoms with Crippen molar-refractivity contribution in [2.45, 2.75) is 20.3 Å². The largest absolute Gasteiger partial charge is 0.449 e. The van der Waals surface area contributed by atoms with Crippen molar-refractivity contribution in [1.29, 1.82) is 0 Å². The Balaban J connectivity index is 1.50. The normalized spacial score (nSPS) is 14.4. The second kappa shape index (κ2) is 9.52. The Hall–Kier alpha value is -1.93. The second-order valence-electron chi connectivity index (χ2n) is 7.17. The number of ether oxygens (including phenoxy) is 1. The van der Waals surface area contributed by atoms with E-state index in [4.69, 9.17) is 4.74 Å². The molecule has 0 aliphatic carbocycles. The van der Waals surface area contributed by atoms with Crippen molar-refractivity contribution in [2.75, 3.05) is 32.8 Å². The number of hydrogen-bond acceptors (Lipinski definition) is 5. The molecule has 3 rings (SSSR count). The fourth-order valence-electron chi connectivity index (χ4n) is 2.88. The molecule has 6 nitrogen and oxygen atoms in total. The van der Waals surface area contributed by atoms with Gasteiger partial charge < -0.3 is 14.5 Å². The van der Waals surface area contributed by atoms with Crippen LogP contribution in [0.25, 0.3) is 10.6 Å². The molecule has 28 heavy (non-hydrogen) atoms. The van der Waals surface area contributed by atoms with E-state index in [9.17, 15) is 9.59 Å². The lowest BCUT2D eigenvalue weighted by molar-refractivity contribution is -0.132. The molecule has 0 saturated carbocycles. The number of thiazole rings is 1. The highest BCUT2D eigenvalue weighted by molar-refractivity contribution is 9.10. The molecular formula is C20H24BrN3O3S. The summed E-state index contributed by atoms with van der Waals surface area (Å²) >= 11 is 5.01. The Kier molecular flexibility index (Phi) is 7.07. The van der Waals surface area contributed by atoms with Crippen molar-refractivity contribution in [2.24, 2.45) is 5.92 Å². The average Bonchev–Trinajstić information content (AvgIpc) is 3.14. The number of nitrogens with zero attached hydrogens (tertiary/aromatic N) is 3. The summed E-state index contributed by atoms with van der Waals surface area (Å²) in [5.41, 5.74) is 1.82. The van der Waals surface area contributed by atoms with Crippen LogP contribution < -0.4 is 0 Å². The number of carbonyl (C=O) groups excluding carboxylic acids is 2. The highest BCUT2D eigenvalue weighted by Gasteiger charge is 2.25. The topological polar surface area (TPSA) is 62.7 Å². The summed E-state index contributed by atoms with van der Waals surface area (Å²) in [6.07, 6.45) is -0.0126. The number of benzene rings is 1. The van der Waals surface area contributed by atoms with Crippen LogP contribution in [-0.2, 0) is 16.0 Å². The van der Waals surface area contributed by atoms with Crippen LogP contribution in [0.2, 0.25) is 0 Å². The Morgan fingerprint density at radius 3 is 2.61 bits per heavy atom. The molecule has 0 N–H and O–H groups in total. The van der Waals surface area contributed by atoms with Gasteiger partial charge in [0.05, 0.1) is 18.7 Å².